The van der Waals surface area contributed by atoms with Crippen molar-refractivity contribution >= 4 is 23.2 Å². The van der Waals surface area contributed by atoms with Gasteiger partial charge in [0.25, 0.3) is 5.91 Å². The summed E-state index contributed by atoms with van der Waals surface area (Å²) in [5.74, 6) is -0.665. The summed E-state index contributed by atoms with van der Waals surface area (Å²) in [5.41, 5.74) is 1.68. The first-order chi connectivity index (χ1) is 14.6. The fourth-order valence-corrected chi connectivity index (χ4v) is 3.74. The summed E-state index contributed by atoms with van der Waals surface area (Å²) in [7, 11) is 0. The summed E-state index contributed by atoms with van der Waals surface area (Å²) in [5, 5.41) is 5.26. The number of rotatable bonds is 7. The third-order valence-electron chi connectivity index (χ3n) is 5.61. The van der Waals surface area contributed by atoms with Gasteiger partial charge < -0.3 is 15.5 Å². The molecule has 2 aromatic rings. The molecule has 0 unspecified atom stereocenters. The van der Waals surface area contributed by atoms with Crippen LogP contribution < -0.4 is 15.5 Å². The van der Waals surface area contributed by atoms with Gasteiger partial charge in [0, 0.05) is 44.1 Å². The molecule has 6 nitrogen and oxygen atoms in total. The predicted molar refractivity (Wildman–Crippen MR) is 115 cm³/mol. The average molecular weight is 410 g/mol. The normalized spacial score (nSPS) is 16.9. The summed E-state index contributed by atoms with van der Waals surface area (Å²) >= 11 is 0. The lowest BCUT2D eigenvalue weighted by Gasteiger charge is -2.36. The quantitative estimate of drug-likeness (QED) is 0.737. The number of hydrogen-bond acceptors (Lipinski definition) is 4. The van der Waals surface area contributed by atoms with Crippen LogP contribution in [-0.2, 0) is 4.79 Å². The Hall–Kier alpha value is -2.93. The van der Waals surface area contributed by atoms with Crippen molar-refractivity contribution in [3.05, 3.63) is 59.9 Å². The first kappa shape index (κ1) is 20.3. The maximum atomic E-state index is 13.7. The Labute approximate surface area is 176 Å². The lowest BCUT2D eigenvalue weighted by atomic mass is 10.2. The second kappa shape index (κ2) is 9.26. The van der Waals surface area contributed by atoms with Gasteiger partial charge >= 0.3 is 0 Å². The number of carbonyl (C=O) groups is 2. The highest BCUT2D eigenvalue weighted by atomic mass is 19.1. The zero-order chi connectivity index (χ0) is 20.9. The molecule has 2 aromatic carbocycles. The monoisotopic (exact) mass is 410 g/mol. The number of piperazine rings is 1. The van der Waals surface area contributed by atoms with Crippen molar-refractivity contribution in [2.75, 3.05) is 49.5 Å². The highest BCUT2D eigenvalue weighted by molar-refractivity contribution is 5.99. The van der Waals surface area contributed by atoms with Gasteiger partial charge in [0.2, 0.25) is 5.91 Å². The van der Waals surface area contributed by atoms with Crippen LogP contribution in [0.1, 0.15) is 23.2 Å². The Morgan fingerprint density at radius 3 is 2.50 bits per heavy atom. The maximum Gasteiger partial charge on any atom is 0.254 e. The molecule has 0 spiro atoms. The van der Waals surface area contributed by atoms with Gasteiger partial charge in [0.05, 0.1) is 12.1 Å². The summed E-state index contributed by atoms with van der Waals surface area (Å²) in [6, 6.07) is 13.4. The molecular formula is C23H27FN4O2. The molecule has 158 valence electrons. The molecule has 2 aliphatic rings. The van der Waals surface area contributed by atoms with Crippen molar-refractivity contribution in [2.24, 2.45) is 5.92 Å². The number of nitrogens with one attached hydrogen (secondary N) is 2. The van der Waals surface area contributed by atoms with E-state index in [0.717, 1.165) is 37.8 Å². The van der Waals surface area contributed by atoms with Crippen molar-refractivity contribution in [3.8, 4) is 0 Å². The maximum absolute atomic E-state index is 13.7. The van der Waals surface area contributed by atoms with E-state index in [-0.39, 0.29) is 18.0 Å². The molecule has 1 saturated carbocycles. The Kier molecular flexibility index (Phi) is 6.28. The zero-order valence-electron chi connectivity index (χ0n) is 16.9. The van der Waals surface area contributed by atoms with E-state index < -0.39 is 11.7 Å². The molecule has 1 saturated heterocycles. The first-order valence-corrected chi connectivity index (χ1v) is 10.5. The smallest absolute Gasteiger partial charge is 0.254 e. The molecule has 2 amide bonds. The molecule has 30 heavy (non-hydrogen) atoms. The molecule has 7 heteroatoms. The highest BCUT2D eigenvalue weighted by Crippen LogP contribution is 2.30. The molecule has 2 fully saturated rings. The van der Waals surface area contributed by atoms with Crippen molar-refractivity contribution < 1.29 is 14.0 Å². The predicted octanol–water partition coefficient (Wildman–Crippen LogP) is 2.73. The number of anilines is 2. The number of hydrogen-bond donors (Lipinski definition) is 2. The Morgan fingerprint density at radius 2 is 1.77 bits per heavy atom. The first-order valence-electron chi connectivity index (χ1n) is 10.5. The number of benzene rings is 2. The van der Waals surface area contributed by atoms with Gasteiger partial charge in [-0.05, 0) is 49.1 Å². The van der Waals surface area contributed by atoms with Gasteiger partial charge in [-0.25, -0.2) is 4.39 Å². The SMILES string of the molecule is O=C(CNC(=O)c1ccccc1F)Nc1cccc(N2CCN(CC3CC3)CC2)c1. The summed E-state index contributed by atoms with van der Waals surface area (Å²) in [4.78, 5) is 29.1. The standard InChI is InChI=1S/C23H27FN4O2/c24-21-7-2-1-6-20(21)23(30)25-15-22(29)26-18-4-3-5-19(14-18)28-12-10-27(11-13-28)16-17-8-9-17/h1-7,14,17H,8-13,15-16H2,(H,25,30)(H,26,29). The zero-order valence-corrected chi connectivity index (χ0v) is 16.9. The molecule has 2 N–H and O–H groups in total. The van der Waals surface area contributed by atoms with Crippen LogP contribution in [-0.4, -0.2) is 56.0 Å². The molecule has 0 aromatic heterocycles. The number of carbonyl (C=O) groups excluding carboxylic acids is 2. The average Bonchev–Trinajstić information content (AvgIpc) is 3.57. The minimum Gasteiger partial charge on any atom is -0.369 e. The molecule has 0 radical (unpaired) electrons. The van der Waals surface area contributed by atoms with Crippen molar-refractivity contribution in [2.45, 2.75) is 12.8 Å². The van der Waals surface area contributed by atoms with Gasteiger partial charge in [-0.3, -0.25) is 14.5 Å². The van der Waals surface area contributed by atoms with E-state index in [2.05, 4.69) is 20.4 Å². The molecule has 1 aliphatic heterocycles. The molecule has 0 atom stereocenters. The largest absolute Gasteiger partial charge is 0.369 e. The fraction of sp³-hybridized carbons (Fsp3) is 0.391. The Bertz CT molecular complexity index is 908. The van der Waals surface area contributed by atoms with Crippen LogP contribution in [0.3, 0.4) is 0 Å². The Balaban J connectivity index is 1.27. The van der Waals surface area contributed by atoms with Crippen LogP contribution in [0.5, 0.6) is 0 Å². The number of amides is 2. The van der Waals surface area contributed by atoms with E-state index in [1.54, 1.807) is 6.07 Å². The fourth-order valence-electron chi connectivity index (χ4n) is 3.74. The minimum absolute atomic E-state index is 0.0758. The highest BCUT2D eigenvalue weighted by Gasteiger charge is 2.26. The second-order valence-corrected chi connectivity index (χ2v) is 7.99. The lowest BCUT2D eigenvalue weighted by molar-refractivity contribution is -0.115. The summed E-state index contributed by atoms with van der Waals surface area (Å²) in [6.07, 6.45) is 2.76. The third kappa shape index (κ3) is 5.36. The van der Waals surface area contributed by atoms with Gasteiger partial charge in [-0.2, -0.15) is 0 Å². The Morgan fingerprint density at radius 1 is 1.00 bits per heavy atom. The van der Waals surface area contributed by atoms with Crippen LogP contribution in [0.2, 0.25) is 0 Å². The van der Waals surface area contributed by atoms with Crippen LogP contribution in [0, 0.1) is 11.7 Å². The van der Waals surface area contributed by atoms with Crippen LogP contribution >= 0.6 is 0 Å². The second-order valence-electron chi connectivity index (χ2n) is 7.99. The van der Waals surface area contributed by atoms with Crippen LogP contribution in [0.4, 0.5) is 15.8 Å². The van der Waals surface area contributed by atoms with Crippen LogP contribution in [0.15, 0.2) is 48.5 Å². The van der Waals surface area contributed by atoms with Crippen molar-refractivity contribution in [1.29, 1.82) is 0 Å². The van der Waals surface area contributed by atoms with Gasteiger partial charge in [0.15, 0.2) is 0 Å². The van der Waals surface area contributed by atoms with Gasteiger partial charge in [0.1, 0.15) is 5.82 Å². The van der Waals surface area contributed by atoms with Crippen molar-refractivity contribution in [3.63, 3.8) is 0 Å². The van der Waals surface area contributed by atoms with E-state index in [1.807, 2.05) is 24.3 Å². The number of halogens is 1. The van der Waals surface area contributed by atoms with E-state index in [1.165, 1.54) is 37.6 Å². The van der Waals surface area contributed by atoms with Crippen molar-refractivity contribution in [1.82, 2.24) is 10.2 Å². The van der Waals surface area contributed by atoms with E-state index in [4.69, 9.17) is 0 Å². The molecular weight excluding hydrogens is 383 g/mol. The third-order valence-corrected chi connectivity index (χ3v) is 5.61. The van der Waals surface area contributed by atoms with Gasteiger partial charge in [-0.15, -0.1) is 0 Å². The summed E-state index contributed by atoms with van der Waals surface area (Å²) < 4.78 is 13.7. The molecule has 4 rings (SSSR count). The lowest BCUT2D eigenvalue weighted by Crippen LogP contribution is -2.47. The molecule has 1 aliphatic carbocycles. The van der Waals surface area contributed by atoms with Crippen LogP contribution in [0.25, 0.3) is 0 Å². The van der Waals surface area contributed by atoms with E-state index in [0.29, 0.717) is 5.69 Å². The minimum atomic E-state index is -0.611. The van der Waals surface area contributed by atoms with E-state index >= 15 is 0 Å². The van der Waals surface area contributed by atoms with Gasteiger partial charge in [-0.1, -0.05) is 18.2 Å². The molecule has 0 bridgehead atoms. The van der Waals surface area contributed by atoms with E-state index in [9.17, 15) is 14.0 Å². The molecule has 1 heterocycles. The number of nitrogens with zero attached hydrogens (tertiary/aromatic N) is 2. The topological polar surface area (TPSA) is 64.7 Å². The summed E-state index contributed by atoms with van der Waals surface area (Å²) in [6.45, 7) is 5.08.